The summed E-state index contributed by atoms with van der Waals surface area (Å²) in [5, 5.41) is 0. The Kier molecular flexibility index (Phi) is 7.13. The second-order valence-corrected chi connectivity index (χ2v) is 6.34. The van der Waals surface area contributed by atoms with Gasteiger partial charge in [-0.15, -0.1) is 0 Å². The van der Waals surface area contributed by atoms with Gasteiger partial charge in [-0.1, -0.05) is 25.5 Å². The molecule has 1 aromatic carbocycles. The fourth-order valence-corrected chi connectivity index (χ4v) is 2.68. The van der Waals surface area contributed by atoms with E-state index in [1.807, 2.05) is 6.92 Å². The number of methoxy groups -OCH3 is 1. The average molecular weight is 400 g/mol. The molecule has 0 radical (unpaired) electrons. The summed E-state index contributed by atoms with van der Waals surface area (Å²) < 4.78 is 5.88. The second-order valence-electron chi connectivity index (χ2n) is 6.34. The van der Waals surface area contributed by atoms with Gasteiger partial charge < -0.3 is 15.4 Å². The predicted octanol–water partition coefficient (Wildman–Crippen LogP) is 1.38. The fourth-order valence-electron chi connectivity index (χ4n) is 2.68. The molecule has 3 N–H and O–H groups in total. The summed E-state index contributed by atoms with van der Waals surface area (Å²) in [4.78, 5) is 51.5. The third kappa shape index (κ3) is 5.01. The maximum absolute atomic E-state index is 12.5. The third-order valence-electron chi connectivity index (χ3n) is 4.37. The number of hydrogen-bond acceptors (Lipinski definition) is 6. The Labute approximate surface area is 167 Å². The van der Waals surface area contributed by atoms with Crippen LogP contribution in [0, 0.1) is 0 Å². The molecule has 0 saturated heterocycles. The lowest BCUT2D eigenvalue weighted by molar-refractivity contribution is -0.113. The van der Waals surface area contributed by atoms with Crippen LogP contribution in [0.4, 0.5) is 11.5 Å². The van der Waals surface area contributed by atoms with E-state index in [1.54, 1.807) is 24.3 Å². The van der Waals surface area contributed by atoms with Crippen LogP contribution >= 0.6 is 0 Å². The molecule has 1 amide bonds. The lowest BCUT2D eigenvalue weighted by Gasteiger charge is -2.19. The molecule has 154 valence electrons. The van der Waals surface area contributed by atoms with E-state index in [1.165, 1.54) is 30.9 Å². The Bertz CT molecular complexity index is 1030. The number of nitrogens with one attached hydrogen (secondary N) is 1. The van der Waals surface area contributed by atoms with Crippen molar-refractivity contribution in [2.24, 2.45) is 0 Å². The highest BCUT2D eigenvalue weighted by molar-refractivity contribution is 6.04. The van der Waals surface area contributed by atoms with Gasteiger partial charge in [-0.3, -0.25) is 19.1 Å². The number of rotatable bonds is 7. The molecule has 9 heteroatoms. The van der Waals surface area contributed by atoms with Gasteiger partial charge in [0, 0.05) is 19.7 Å². The largest absolute Gasteiger partial charge is 0.465 e. The first-order valence-corrected chi connectivity index (χ1v) is 9.06. The summed E-state index contributed by atoms with van der Waals surface area (Å²) in [6, 6.07) is 6.46. The molecule has 29 heavy (non-hydrogen) atoms. The van der Waals surface area contributed by atoms with Gasteiger partial charge in [0.2, 0.25) is 0 Å². The number of esters is 1. The van der Waals surface area contributed by atoms with Crippen LogP contribution in [0.25, 0.3) is 6.08 Å². The van der Waals surface area contributed by atoms with Crippen molar-refractivity contribution in [2.75, 3.05) is 24.8 Å². The summed E-state index contributed by atoms with van der Waals surface area (Å²) >= 11 is 0. The summed E-state index contributed by atoms with van der Waals surface area (Å²) in [6.07, 6.45) is 4.35. The summed E-state index contributed by atoms with van der Waals surface area (Å²) in [6.45, 7) is 2.31. The van der Waals surface area contributed by atoms with E-state index in [0.717, 1.165) is 11.3 Å². The molecular formula is C20H24N4O5. The van der Waals surface area contributed by atoms with E-state index in [-0.39, 0.29) is 11.5 Å². The highest BCUT2D eigenvalue weighted by atomic mass is 16.5. The number of aromatic nitrogens is 2. The molecule has 0 saturated carbocycles. The van der Waals surface area contributed by atoms with E-state index >= 15 is 0 Å². The molecule has 0 aliphatic heterocycles. The molecule has 2 aromatic rings. The Morgan fingerprint density at radius 2 is 1.90 bits per heavy atom. The molecule has 1 aromatic heterocycles. The van der Waals surface area contributed by atoms with Crippen molar-refractivity contribution in [2.45, 2.75) is 26.3 Å². The number of unbranched alkanes of at least 4 members (excludes halogenated alkanes) is 1. The maximum atomic E-state index is 12.5. The van der Waals surface area contributed by atoms with Crippen molar-refractivity contribution < 1.29 is 14.3 Å². The molecule has 0 unspecified atom stereocenters. The lowest BCUT2D eigenvalue weighted by atomic mass is 10.1. The number of carbonyl (C=O) groups excluding carboxylic acids is 2. The fraction of sp³-hybridized carbons (Fsp3) is 0.300. The SMILES string of the molecule is CCCCn1c(N)c(N(C)C(=O)/C=C/c2ccc(C(=O)OC)cc2)c(=O)[nH]c1=O. The number of anilines is 2. The van der Waals surface area contributed by atoms with E-state index in [0.29, 0.717) is 24.1 Å². The first kappa shape index (κ1) is 21.7. The number of nitrogens with zero attached hydrogens (tertiary/aromatic N) is 2. The maximum Gasteiger partial charge on any atom is 0.337 e. The average Bonchev–Trinajstić information content (AvgIpc) is 2.71. The Hall–Kier alpha value is -3.62. The number of nitrogen functional groups attached to an aromatic ring is 1. The molecule has 0 spiro atoms. The van der Waals surface area contributed by atoms with Crippen LogP contribution in [-0.4, -0.2) is 35.6 Å². The Morgan fingerprint density at radius 3 is 2.48 bits per heavy atom. The number of ether oxygens (including phenoxy) is 1. The van der Waals surface area contributed by atoms with Crippen molar-refractivity contribution in [3.05, 3.63) is 62.3 Å². The van der Waals surface area contributed by atoms with Gasteiger partial charge in [0.05, 0.1) is 12.7 Å². The van der Waals surface area contributed by atoms with Crippen LogP contribution in [0.15, 0.2) is 39.9 Å². The number of hydrogen-bond donors (Lipinski definition) is 2. The summed E-state index contributed by atoms with van der Waals surface area (Å²) in [5.74, 6) is -1.01. The molecule has 0 atom stereocenters. The number of nitrogens with two attached hydrogens (primary N) is 1. The molecule has 0 bridgehead atoms. The van der Waals surface area contributed by atoms with Crippen LogP contribution in [0.1, 0.15) is 35.7 Å². The number of carbonyl (C=O) groups is 2. The van der Waals surface area contributed by atoms with E-state index in [9.17, 15) is 19.2 Å². The summed E-state index contributed by atoms with van der Waals surface area (Å²) in [7, 11) is 2.70. The van der Waals surface area contributed by atoms with Crippen LogP contribution < -0.4 is 21.9 Å². The molecule has 2 rings (SSSR count). The predicted molar refractivity (Wildman–Crippen MR) is 111 cm³/mol. The zero-order valence-electron chi connectivity index (χ0n) is 16.6. The number of likely N-dealkylation sites (N-methyl/N-ethyl adjacent to an activating group) is 1. The van der Waals surface area contributed by atoms with Gasteiger partial charge in [0.15, 0.2) is 5.69 Å². The van der Waals surface area contributed by atoms with Gasteiger partial charge in [0.1, 0.15) is 5.82 Å². The highest BCUT2D eigenvalue weighted by Gasteiger charge is 2.19. The minimum atomic E-state index is -0.730. The van der Waals surface area contributed by atoms with Crippen LogP contribution in [-0.2, 0) is 16.1 Å². The highest BCUT2D eigenvalue weighted by Crippen LogP contribution is 2.16. The van der Waals surface area contributed by atoms with E-state index < -0.39 is 23.1 Å². The van der Waals surface area contributed by atoms with Crippen LogP contribution in [0.3, 0.4) is 0 Å². The molecule has 0 aliphatic carbocycles. The van der Waals surface area contributed by atoms with Crippen molar-refractivity contribution >= 4 is 29.5 Å². The zero-order valence-corrected chi connectivity index (χ0v) is 16.6. The Balaban J connectivity index is 2.26. The normalized spacial score (nSPS) is 10.9. The summed E-state index contributed by atoms with van der Waals surface area (Å²) in [5.41, 5.74) is 5.66. The van der Waals surface area contributed by atoms with Gasteiger partial charge in [-0.25, -0.2) is 9.59 Å². The second kappa shape index (κ2) is 9.54. The standard InChI is InChI=1S/C20H24N4O5/c1-4-5-12-24-17(21)16(18(26)22-20(24)28)23(2)15(25)11-8-13-6-9-14(10-7-13)19(27)29-3/h6-11H,4-5,12,21H2,1-3H3,(H,22,26,28)/b11-8+. The molecule has 0 fully saturated rings. The van der Waals surface area contributed by atoms with Crippen LogP contribution in [0.5, 0.6) is 0 Å². The van der Waals surface area contributed by atoms with Crippen molar-refractivity contribution in [1.82, 2.24) is 9.55 Å². The van der Waals surface area contributed by atoms with Crippen molar-refractivity contribution in [1.29, 1.82) is 0 Å². The third-order valence-corrected chi connectivity index (χ3v) is 4.37. The molecule has 0 aliphatic rings. The van der Waals surface area contributed by atoms with Gasteiger partial charge in [-0.2, -0.15) is 0 Å². The minimum absolute atomic E-state index is 0.0566. The van der Waals surface area contributed by atoms with Crippen molar-refractivity contribution in [3.8, 4) is 0 Å². The quantitative estimate of drug-likeness (QED) is 0.534. The van der Waals surface area contributed by atoms with E-state index in [2.05, 4.69) is 9.72 Å². The molecular weight excluding hydrogens is 376 g/mol. The topological polar surface area (TPSA) is 127 Å². The first-order chi connectivity index (χ1) is 13.8. The minimum Gasteiger partial charge on any atom is -0.465 e. The smallest absolute Gasteiger partial charge is 0.337 e. The first-order valence-electron chi connectivity index (χ1n) is 9.06. The van der Waals surface area contributed by atoms with Crippen molar-refractivity contribution in [3.63, 3.8) is 0 Å². The van der Waals surface area contributed by atoms with Gasteiger partial charge in [0.25, 0.3) is 11.5 Å². The van der Waals surface area contributed by atoms with Crippen LogP contribution in [0.2, 0.25) is 0 Å². The number of benzene rings is 1. The number of amides is 1. The van der Waals surface area contributed by atoms with Gasteiger partial charge in [-0.05, 0) is 30.2 Å². The number of aromatic amines is 1. The zero-order chi connectivity index (χ0) is 21.6. The van der Waals surface area contributed by atoms with E-state index in [4.69, 9.17) is 5.73 Å². The molecule has 9 nitrogen and oxygen atoms in total. The lowest BCUT2D eigenvalue weighted by Crippen LogP contribution is -2.38. The monoisotopic (exact) mass is 400 g/mol. The van der Waals surface area contributed by atoms with Gasteiger partial charge >= 0.3 is 11.7 Å². The molecule has 1 heterocycles. The Morgan fingerprint density at radius 1 is 1.24 bits per heavy atom. The number of H-pyrrole nitrogens is 1.